The fraction of sp³-hybridized carbons (Fsp3) is 0.316. The third kappa shape index (κ3) is 3.94. The highest BCUT2D eigenvalue weighted by Gasteiger charge is 2.15. The molecule has 0 fully saturated rings. The molecular formula is C19H23NO. The maximum atomic E-state index is 12.3. The van der Waals surface area contributed by atoms with Crippen LogP contribution in [0.3, 0.4) is 0 Å². The summed E-state index contributed by atoms with van der Waals surface area (Å²) in [6.45, 7) is 6.36. The molecule has 2 aromatic carbocycles. The smallest absolute Gasteiger partial charge is 0.251 e. The van der Waals surface area contributed by atoms with Gasteiger partial charge in [-0.3, -0.25) is 4.79 Å². The Kier molecular flexibility index (Phi) is 5.15. The number of nitrogens with one attached hydrogen (secondary N) is 1. The Labute approximate surface area is 127 Å². The zero-order valence-electron chi connectivity index (χ0n) is 13.0. The van der Waals surface area contributed by atoms with Gasteiger partial charge in [0.25, 0.3) is 5.91 Å². The fourth-order valence-electron chi connectivity index (χ4n) is 2.44. The molecule has 0 spiro atoms. The highest BCUT2D eigenvalue weighted by molar-refractivity contribution is 5.94. The molecule has 21 heavy (non-hydrogen) atoms. The van der Waals surface area contributed by atoms with Crippen LogP contribution in [0.2, 0.25) is 0 Å². The zero-order chi connectivity index (χ0) is 15.2. The summed E-state index contributed by atoms with van der Waals surface area (Å²) in [6, 6.07) is 18.2. The van der Waals surface area contributed by atoms with Crippen LogP contribution in [0, 0.1) is 5.92 Å². The first-order chi connectivity index (χ1) is 10.1. The maximum Gasteiger partial charge on any atom is 0.251 e. The molecule has 1 atom stereocenters. The van der Waals surface area contributed by atoms with Crippen LogP contribution < -0.4 is 5.32 Å². The standard InChI is InChI=1S/C19H23NO/c1-4-18(14(2)3)20-19(21)17-12-10-16(11-13-17)15-8-6-5-7-9-15/h5-14,18H,4H2,1-3H3,(H,20,21)/t18-/m0/s1. The van der Waals surface area contributed by atoms with E-state index in [4.69, 9.17) is 0 Å². The monoisotopic (exact) mass is 281 g/mol. The number of amides is 1. The van der Waals surface area contributed by atoms with Crippen molar-refractivity contribution in [2.45, 2.75) is 33.2 Å². The third-order valence-corrected chi connectivity index (χ3v) is 3.82. The van der Waals surface area contributed by atoms with Gasteiger partial charge < -0.3 is 5.32 Å². The summed E-state index contributed by atoms with van der Waals surface area (Å²) in [5.74, 6) is 0.456. The lowest BCUT2D eigenvalue weighted by atomic mass is 10.0. The van der Waals surface area contributed by atoms with Gasteiger partial charge in [0.2, 0.25) is 0 Å². The van der Waals surface area contributed by atoms with Gasteiger partial charge in [0.1, 0.15) is 0 Å². The Morgan fingerprint density at radius 3 is 2.05 bits per heavy atom. The Bertz CT molecular complexity index is 572. The van der Waals surface area contributed by atoms with Crippen molar-refractivity contribution in [3.05, 3.63) is 60.2 Å². The molecule has 0 saturated carbocycles. The van der Waals surface area contributed by atoms with Gasteiger partial charge in [0.15, 0.2) is 0 Å². The predicted octanol–water partition coefficient (Wildman–Crippen LogP) is 4.52. The average molecular weight is 281 g/mol. The number of carbonyl (C=O) groups is 1. The molecule has 2 rings (SSSR count). The van der Waals surface area contributed by atoms with Crippen molar-refractivity contribution in [1.82, 2.24) is 5.32 Å². The van der Waals surface area contributed by atoms with Crippen molar-refractivity contribution < 1.29 is 4.79 Å². The first-order valence-electron chi connectivity index (χ1n) is 7.58. The lowest BCUT2D eigenvalue weighted by molar-refractivity contribution is 0.0924. The van der Waals surface area contributed by atoms with Gasteiger partial charge in [-0.25, -0.2) is 0 Å². The lowest BCUT2D eigenvalue weighted by Crippen LogP contribution is -2.37. The minimum absolute atomic E-state index is 0.00941. The number of hydrogen-bond acceptors (Lipinski definition) is 1. The van der Waals surface area contributed by atoms with Gasteiger partial charge in [-0.2, -0.15) is 0 Å². The van der Waals surface area contributed by atoms with Crippen molar-refractivity contribution >= 4 is 5.91 Å². The first kappa shape index (κ1) is 15.3. The predicted molar refractivity (Wildman–Crippen MR) is 88.3 cm³/mol. The quantitative estimate of drug-likeness (QED) is 0.858. The molecule has 0 bridgehead atoms. The van der Waals surface area contributed by atoms with Gasteiger partial charge in [0.05, 0.1) is 0 Å². The van der Waals surface area contributed by atoms with E-state index in [2.05, 4.69) is 38.2 Å². The van der Waals surface area contributed by atoms with E-state index >= 15 is 0 Å². The second-order valence-corrected chi connectivity index (χ2v) is 5.68. The van der Waals surface area contributed by atoms with Crippen molar-refractivity contribution in [2.24, 2.45) is 5.92 Å². The fourth-order valence-corrected chi connectivity index (χ4v) is 2.44. The molecule has 0 aliphatic carbocycles. The molecule has 0 aromatic heterocycles. The van der Waals surface area contributed by atoms with E-state index in [-0.39, 0.29) is 11.9 Å². The second kappa shape index (κ2) is 7.07. The highest BCUT2D eigenvalue weighted by Crippen LogP contribution is 2.19. The number of benzene rings is 2. The number of carbonyl (C=O) groups excluding carboxylic acids is 1. The third-order valence-electron chi connectivity index (χ3n) is 3.82. The summed E-state index contributed by atoms with van der Waals surface area (Å²) < 4.78 is 0. The summed E-state index contributed by atoms with van der Waals surface area (Å²) in [6.07, 6.45) is 0.950. The first-order valence-corrected chi connectivity index (χ1v) is 7.58. The van der Waals surface area contributed by atoms with E-state index in [0.29, 0.717) is 11.5 Å². The van der Waals surface area contributed by atoms with E-state index in [1.807, 2.05) is 42.5 Å². The van der Waals surface area contributed by atoms with Crippen molar-refractivity contribution in [3.8, 4) is 11.1 Å². The van der Waals surface area contributed by atoms with Crippen LogP contribution in [-0.2, 0) is 0 Å². The molecule has 0 aliphatic heterocycles. The van der Waals surface area contributed by atoms with Crippen LogP contribution in [0.1, 0.15) is 37.6 Å². The van der Waals surface area contributed by atoms with Crippen LogP contribution >= 0.6 is 0 Å². The molecule has 0 radical (unpaired) electrons. The molecule has 2 nitrogen and oxygen atoms in total. The summed E-state index contributed by atoms with van der Waals surface area (Å²) in [5.41, 5.74) is 3.01. The van der Waals surface area contributed by atoms with Gasteiger partial charge in [-0.1, -0.05) is 63.2 Å². The largest absolute Gasteiger partial charge is 0.349 e. The minimum atomic E-state index is 0.00941. The number of rotatable bonds is 5. The Morgan fingerprint density at radius 2 is 1.52 bits per heavy atom. The molecule has 0 heterocycles. The van der Waals surface area contributed by atoms with Gasteiger partial charge in [-0.15, -0.1) is 0 Å². The maximum absolute atomic E-state index is 12.3. The van der Waals surface area contributed by atoms with E-state index in [1.165, 1.54) is 0 Å². The average Bonchev–Trinajstić information content (AvgIpc) is 2.53. The van der Waals surface area contributed by atoms with E-state index in [9.17, 15) is 4.79 Å². The van der Waals surface area contributed by atoms with Crippen molar-refractivity contribution in [3.63, 3.8) is 0 Å². The second-order valence-electron chi connectivity index (χ2n) is 5.68. The van der Waals surface area contributed by atoms with Crippen LogP contribution in [0.15, 0.2) is 54.6 Å². The molecule has 0 unspecified atom stereocenters. The topological polar surface area (TPSA) is 29.1 Å². The summed E-state index contributed by atoms with van der Waals surface area (Å²) in [4.78, 5) is 12.3. The molecule has 110 valence electrons. The molecule has 1 amide bonds. The van der Waals surface area contributed by atoms with Gasteiger partial charge >= 0.3 is 0 Å². The van der Waals surface area contributed by atoms with Crippen LogP contribution in [0.25, 0.3) is 11.1 Å². The summed E-state index contributed by atoms with van der Waals surface area (Å²) >= 11 is 0. The van der Waals surface area contributed by atoms with Gasteiger partial charge in [0, 0.05) is 11.6 Å². The van der Waals surface area contributed by atoms with Crippen LogP contribution in [0.5, 0.6) is 0 Å². The number of hydrogen-bond donors (Lipinski definition) is 1. The van der Waals surface area contributed by atoms with Crippen LogP contribution in [0.4, 0.5) is 0 Å². The molecule has 2 aromatic rings. The molecule has 0 aliphatic rings. The summed E-state index contributed by atoms with van der Waals surface area (Å²) in [5, 5.41) is 3.10. The van der Waals surface area contributed by atoms with Crippen molar-refractivity contribution in [2.75, 3.05) is 0 Å². The lowest BCUT2D eigenvalue weighted by Gasteiger charge is -2.20. The van der Waals surface area contributed by atoms with Crippen LogP contribution in [-0.4, -0.2) is 11.9 Å². The molecule has 2 heteroatoms. The Balaban J connectivity index is 2.10. The normalized spacial score (nSPS) is 12.2. The highest BCUT2D eigenvalue weighted by atomic mass is 16.1. The Hall–Kier alpha value is -2.09. The molecule has 0 saturated heterocycles. The molecule has 1 N–H and O–H groups in total. The summed E-state index contributed by atoms with van der Waals surface area (Å²) in [7, 11) is 0. The molecular weight excluding hydrogens is 258 g/mol. The van der Waals surface area contributed by atoms with Gasteiger partial charge in [-0.05, 0) is 35.6 Å². The van der Waals surface area contributed by atoms with E-state index < -0.39 is 0 Å². The van der Waals surface area contributed by atoms with E-state index in [1.54, 1.807) is 0 Å². The SMILES string of the molecule is CC[C@H](NC(=O)c1ccc(-c2ccccc2)cc1)C(C)C. The van der Waals surface area contributed by atoms with E-state index in [0.717, 1.165) is 17.5 Å². The van der Waals surface area contributed by atoms with Crippen molar-refractivity contribution in [1.29, 1.82) is 0 Å². The zero-order valence-corrected chi connectivity index (χ0v) is 13.0. The minimum Gasteiger partial charge on any atom is -0.349 e. The Morgan fingerprint density at radius 1 is 0.952 bits per heavy atom.